The Morgan fingerprint density at radius 1 is 1.50 bits per heavy atom. The molecule has 0 saturated heterocycles. The minimum atomic E-state index is -0.271. The molecule has 0 saturated carbocycles. The Labute approximate surface area is 92.0 Å². The fourth-order valence-corrected chi connectivity index (χ4v) is 1.16. The predicted octanol–water partition coefficient (Wildman–Crippen LogP) is 2.39. The summed E-state index contributed by atoms with van der Waals surface area (Å²) >= 11 is 3.23. The first kappa shape index (κ1) is 11.2. The van der Waals surface area contributed by atoms with E-state index in [4.69, 9.17) is 10.5 Å². The van der Waals surface area contributed by atoms with E-state index in [1.54, 1.807) is 6.07 Å². The Morgan fingerprint density at radius 2 is 2.14 bits per heavy atom. The summed E-state index contributed by atoms with van der Waals surface area (Å²) < 4.78 is 6.21. The van der Waals surface area contributed by atoms with Crippen LogP contribution in [0.1, 0.15) is 27.2 Å². The number of rotatable bonds is 3. The molecule has 78 valence electrons. The van der Waals surface area contributed by atoms with Gasteiger partial charge in [0.25, 0.3) is 0 Å². The van der Waals surface area contributed by atoms with Gasteiger partial charge in [-0.2, -0.15) is 9.97 Å². The number of hydrogen-bond donors (Lipinski definition) is 1. The van der Waals surface area contributed by atoms with Gasteiger partial charge in [-0.3, -0.25) is 0 Å². The molecule has 1 rings (SSSR count). The molecule has 0 aliphatic heterocycles. The fraction of sp³-hybridized carbons (Fsp3) is 0.556. The molecular formula is C9H14BrN3O. The van der Waals surface area contributed by atoms with Crippen LogP contribution in [-0.2, 0) is 0 Å². The summed E-state index contributed by atoms with van der Waals surface area (Å²) in [5, 5.41) is 0. The lowest BCUT2D eigenvalue weighted by Crippen LogP contribution is -2.27. The first-order chi connectivity index (χ1) is 6.43. The Kier molecular flexibility index (Phi) is 3.31. The van der Waals surface area contributed by atoms with Gasteiger partial charge in [0, 0.05) is 6.07 Å². The van der Waals surface area contributed by atoms with Gasteiger partial charge < -0.3 is 10.5 Å². The van der Waals surface area contributed by atoms with Crippen molar-refractivity contribution in [1.82, 2.24) is 9.97 Å². The molecule has 1 aromatic rings. The average molecular weight is 260 g/mol. The summed E-state index contributed by atoms with van der Waals surface area (Å²) in [6.45, 7) is 6.00. The van der Waals surface area contributed by atoms with E-state index in [-0.39, 0.29) is 5.60 Å². The molecule has 0 spiro atoms. The van der Waals surface area contributed by atoms with Crippen molar-refractivity contribution >= 4 is 21.7 Å². The molecule has 0 aliphatic rings. The molecule has 0 aromatic carbocycles. The van der Waals surface area contributed by atoms with Crippen LogP contribution < -0.4 is 10.5 Å². The third-order valence-corrected chi connectivity index (χ3v) is 2.32. The zero-order valence-electron chi connectivity index (χ0n) is 8.54. The maximum Gasteiger partial charge on any atom is 0.319 e. The Morgan fingerprint density at radius 3 is 2.64 bits per heavy atom. The van der Waals surface area contributed by atoms with Gasteiger partial charge in [-0.1, -0.05) is 6.92 Å². The standard InChI is InChI=1S/C9H14BrN3O/c1-4-9(2,3)14-8-12-6(10)5-7(11)13-8/h5H,4H2,1-3H3,(H2,11,12,13). The lowest BCUT2D eigenvalue weighted by Gasteiger charge is -2.23. The van der Waals surface area contributed by atoms with Crippen molar-refractivity contribution < 1.29 is 4.74 Å². The molecule has 0 atom stereocenters. The van der Waals surface area contributed by atoms with Gasteiger partial charge >= 0.3 is 6.01 Å². The smallest absolute Gasteiger partial charge is 0.319 e. The van der Waals surface area contributed by atoms with Gasteiger partial charge in [0.2, 0.25) is 0 Å². The summed E-state index contributed by atoms with van der Waals surface area (Å²) in [6, 6.07) is 1.94. The van der Waals surface area contributed by atoms with Crippen molar-refractivity contribution in [2.24, 2.45) is 0 Å². The first-order valence-corrected chi connectivity index (χ1v) is 5.21. The number of anilines is 1. The predicted molar refractivity (Wildman–Crippen MR) is 59.1 cm³/mol. The molecule has 0 aliphatic carbocycles. The molecule has 14 heavy (non-hydrogen) atoms. The molecule has 0 bridgehead atoms. The van der Waals surface area contributed by atoms with Gasteiger partial charge in [-0.15, -0.1) is 0 Å². The zero-order valence-corrected chi connectivity index (χ0v) is 10.1. The van der Waals surface area contributed by atoms with Crippen molar-refractivity contribution in [3.63, 3.8) is 0 Å². The number of halogens is 1. The topological polar surface area (TPSA) is 61.0 Å². The highest BCUT2D eigenvalue weighted by Crippen LogP contribution is 2.20. The largest absolute Gasteiger partial charge is 0.457 e. The normalized spacial score (nSPS) is 11.4. The second kappa shape index (κ2) is 4.13. The van der Waals surface area contributed by atoms with E-state index in [1.807, 2.05) is 20.8 Å². The highest BCUT2D eigenvalue weighted by atomic mass is 79.9. The van der Waals surface area contributed by atoms with Crippen molar-refractivity contribution in [2.45, 2.75) is 32.8 Å². The maximum atomic E-state index is 5.58. The Bertz CT molecular complexity index is 308. The SMILES string of the molecule is CCC(C)(C)Oc1nc(N)cc(Br)n1. The van der Waals surface area contributed by atoms with Crippen molar-refractivity contribution in [2.75, 3.05) is 5.73 Å². The molecular weight excluding hydrogens is 246 g/mol. The van der Waals surface area contributed by atoms with Gasteiger partial charge in [0.15, 0.2) is 0 Å². The summed E-state index contributed by atoms with van der Waals surface area (Å²) in [5.74, 6) is 0.397. The Balaban J connectivity index is 2.87. The molecule has 4 nitrogen and oxygen atoms in total. The van der Waals surface area contributed by atoms with Crippen molar-refractivity contribution in [3.05, 3.63) is 10.7 Å². The molecule has 1 heterocycles. The molecule has 2 N–H and O–H groups in total. The van der Waals surface area contributed by atoms with Gasteiger partial charge in [-0.25, -0.2) is 0 Å². The van der Waals surface area contributed by atoms with E-state index >= 15 is 0 Å². The number of ether oxygens (including phenoxy) is 1. The second-order valence-electron chi connectivity index (χ2n) is 3.61. The van der Waals surface area contributed by atoms with Crippen LogP contribution in [0.15, 0.2) is 10.7 Å². The third-order valence-electron chi connectivity index (χ3n) is 1.91. The summed E-state index contributed by atoms with van der Waals surface area (Å²) in [5.41, 5.74) is 5.29. The average Bonchev–Trinajstić information content (AvgIpc) is 2.01. The number of aromatic nitrogens is 2. The minimum absolute atomic E-state index is 0.271. The van der Waals surface area contributed by atoms with Crippen molar-refractivity contribution in [3.8, 4) is 6.01 Å². The third kappa shape index (κ3) is 3.14. The van der Waals surface area contributed by atoms with E-state index in [0.29, 0.717) is 16.4 Å². The zero-order chi connectivity index (χ0) is 10.8. The number of nitrogen functional groups attached to an aromatic ring is 1. The summed E-state index contributed by atoms with van der Waals surface area (Å²) in [6.07, 6.45) is 0.878. The summed E-state index contributed by atoms with van der Waals surface area (Å²) in [4.78, 5) is 8.05. The van der Waals surface area contributed by atoms with E-state index in [0.717, 1.165) is 6.42 Å². The van der Waals surface area contributed by atoms with E-state index < -0.39 is 0 Å². The van der Waals surface area contributed by atoms with Crippen LogP contribution in [-0.4, -0.2) is 15.6 Å². The van der Waals surface area contributed by atoms with E-state index in [2.05, 4.69) is 25.9 Å². The van der Waals surface area contributed by atoms with Crippen LogP contribution in [0.2, 0.25) is 0 Å². The minimum Gasteiger partial charge on any atom is -0.457 e. The quantitative estimate of drug-likeness (QED) is 0.847. The van der Waals surface area contributed by atoms with E-state index in [1.165, 1.54) is 0 Å². The highest BCUT2D eigenvalue weighted by molar-refractivity contribution is 9.10. The van der Waals surface area contributed by atoms with Crippen LogP contribution >= 0.6 is 15.9 Å². The van der Waals surface area contributed by atoms with E-state index in [9.17, 15) is 0 Å². The van der Waals surface area contributed by atoms with Crippen LogP contribution in [0.3, 0.4) is 0 Å². The lowest BCUT2D eigenvalue weighted by atomic mass is 10.1. The molecule has 0 radical (unpaired) electrons. The van der Waals surface area contributed by atoms with Crippen molar-refractivity contribution in [1.29, 1.82) is 0 Å². The highest BCUT2D eigenvalue weighted by Gasteiger charge is 2.18. The lowest BCUT2D eigenvalue weighted by molar-refractivity contribution is 0.0924. The van der Waals surface area contributed by atoms with Crippen LogP contribution in [0.25, 0.3) is 0 Å². The molecule has 5 heteroatoms. The molecule has 0 amide bonds. The monoisotopic (exact) mass is 259 g/mol. The number of hydrogen-bond acceptors (Lipinski definition) is 4. The van der Waals surface area contributed by atoms with Gasteiger partial charge in [0.05, 0.1) is 0 Å². The van der Waals surface area contributed by atoms with Gasteiger partial charge in [0.1, 0.15) is 16.0 Å². The van der Waals surface area contributed by atoms with Crippen LogP contribution in [0, 0.1) is 0 Å². The Hall–Kier alpha value is -0.840. The second-order valence-corrected chi connectivity index (χ2v) is 4.43. The number of nitrogens with two attached hydrogens (primary N) is 1. The van der Waals surface area contributed by atoms with Crippen LogP contribution in [0.4, 0.5) is 5.82 Å². The first-order valence-electron chi connectivity index (χ1n) is 4.42. The fourth-order valence-electron chi connectivity index (χ4n) is 0.778. The number of nitrogens with zero attached hydrogens (tertiary/aromatic N) is 2. The maximum absolute atomic E-state index is 5.58. The molecule has 1 aromatic heterocycles. The van der Waals surface area contributed by atoms with Gasteiger partial charge in [-0.05, 0) is 36.2 Å². The summed E-state index contributed by atoms with van der Waals surface area (Å²) in [7, 11) is 0. The molecule has 0 fully saturated rings. The molecule has 0 unspecified atom stereocenters. The van der Waals surface area contributed by atoms with Crippen LogP contribution in [0.5, 0.6) is 6.01 Å².